The van der Waals surface area contributed by atoms with Crippen LogP contribution in [0.4, 0.5) is 11.5 Å². The van der Waals surface area contributed by atoms with Crippen LogP contribution in [0.5, 0.6) is 5.75 Å². The van der Waals surface area contributed by atoms with E-state index in [9.17, 15) is 4.79 Å². The van der Waals surface area contributed by atoms with Crippen LogP contribution >= 0.6 is 0 Å². The first kappa shape index (κ1) is 14.4. The molecule has 1 aliphatic rings. The summed E-state index contributed by atoms with van der Waals surface area (Å²) >= 11 is 0. The highest BCUT2D eigenvalue weighted by atomic mass is 16.5. The van der Waals surface area contributed by atoms with Crippen molar-refractivity contribution in [1.29, 1.82) is 0 Å². The van der Waals surface area contributed by atoms with E-state index in [1.807, 2.05) is 18.3 Å². The normalized spacial score (nSPS) is 14.0. The average molecular weight is 297 g/mol. The summed E-state index contributed by atoms with van der Waals surface area (Å²) in [6.45, 7) is 2.16. The monoisotopic (exact) mass is 297 g/mol. The number of nitrogens with zero attached hydrogens (tertiary/aromatic N) is 2. The molecule has 3 rings (SSSR count). The van der Waals surface area contributed by atoms with Crippen molar-refractivity contribution >= 4 is 17.4 Å². The second kappa shape index (κ2) is 6.47. The second-order valence-corrected chi connectivity index (χ2v) is 5.28. The minimum atomic E-state index is -0.194. The summed E-state index contributed by atoms with van der Waals surface area (Å²) in [5.41, 5.74) is 1.65. The first-order chi connectivity index (χ1) is 10.8. The van der Waals surface area contributed by atoms with Crippen molar-refractivity contribution in [2.75, 3.05) is 30.4 Å². The lowest BCUT2D eigenvalue weighted by Crippen LogP contribution is -2.18. The molecule has 0 bridgehead atoms. The quantitative estimate of drug-likeness (QED) is 0.942. The highest BCUT2D eigenvalue weighted by molar-refractivity contribution is 6.04. The van der Waals surface area contributed by atoms with Gasteiger partial charge in [-0.05, 0) is 43.2 Å². The zero-order chi connectivity index (χ0) is 15.4. The number of carbonyl (C=O) groups excluding carboxylic acids is 1. The number of hydrogen-bond donors (Lipinski definition) is 1. The Labute approximate surface area is 129 Å². The van der Waals surface area contributed by atoms with Crippen LogP contribution < -0.4 is 15.0 Å². The number of benzene rings is 1. The van der Waals surface area contributed by atoms with Crippen LogP contribution in [0.25, 0.3) is 0 Å². The van der Waals surface area contributed by atoms with E-state index in [2.05, 4.69) is 15.2 Å². The van der Waals surface area contributed by atoms with Gasteiger partial charge in [-0.2, -0.15) is 0 Å². The fourth-order valence-corrected chi connectivity index (χ4v) is 2.58. The minimum Gasteiger partial charge on any atom is -0.497 e. The number of rotatable bonds is 4. The van der Waals surface area contributed by atoms with Crippen molar-refractivity contribution in [2.24, 2.45) is 0 Å². The van der Waals surface area contributed by atoms with Gasteiger partial charge in [0, 0.05) is 18.7 Å². The maximum atomic E-state index is 12.2. The Morgan fingerprint density at radius 2 is 2.05 bits per heavy atom. The van der Waals surface area contributed by atoms with Gasteiger partial charge in [0.15, 0.2) is 0 Å². The third-order valence-corrected chi connectivity index (χ3v) is 3.79. The van der Waals surface area contributed by atoms with Crippen LogP contribution in [0.15, 0.2) is 42.6 Å². The van der Waals surface area contributed by atoms with Crippen molar-refractivity contribution in [2.45, 2.75) is 12.8 Å². The average Bonchev–Trinajstić information content (AvgIpc) is 3.10. The molecule has 1 aliphatic heterocycles. The first-order valence-electron chi connectivity index (χ1n) is 7.43. The number of pyridine rings is 1. The number of nitrogens with one attached hydrogen (secondary N) is 1. The number of aromatic nitrogens is 1. The SMILES string of the molecule is COc1cccc(C(=O)Nc2ccc(N3CCCC3)cn2)c1. The molecule has 1 N–H and O–H groups in total. The van der Waals surface area contributed by atoms with Crippen LogP contribution in [0.1, 0.15) is 23.2 Å². The van der Waals surface area contributed by atoms with Gasteiger partial charge >= 0.3 is 0 Å². The van der Waals surface area contributed by atoms with Gasteiger partial charge in [-0.25, -0.2) is 4.98 Å². The van der Waals surface area contributed by atoms with Gasteiger partial charge < -0.3 is 15.0 Å². The lowest BCUT2D eigenvalue weighted by Gasteiger charge is -2.17. The van der Waals surface area contributed by atoms with Crippen LogP contribution in [0.2, 0.25) is 0 Å². The molecular weight excluding hydrogens is 278 g/mol. The Balaban J connectivity index is 1.68. The van der Waals surface area contributed by atoms with E-state index in [-0.39, 0.29) is 5.91 Å². The molecule has 5 nitrogen and oxygen atoms in total. The van der Waals surface area contributed by atoms with Gasteiger partial charge in [-0.15, -0.1) is 0 Å². The third-order valence-electron chi connectivity index (χ3n) is 3.79. The van der Waals surface area contributed by atoms with Crippen molar-refractivity contribution in [1.82, 2.24) is 4.98 Å². The number of ether oxygens (including phenoxy) is 1. The summed E-state index contributed by atoms with van der Waals surface area (Å²) in [5, 5.41) is 2.80. The summed E-state index contributed by atoms with van der Waals surface area (Å²) in [5.74, 6) is 1.01. The molecule has 22 heavy (non-hydrogen) atoms. The summed E-state index contributed by atoms with van der Waals surface area (Å²) in [6.07, 6.45) is 4.27. The molecular formula is C17H19N3O2. The number of amides is 1. The van der Waals surface area contributed by atoms with Gasteiger partial charge in [0.05, 0.1) is 19.0 Å². The Bertz CT molecular complexity index is 649. The van der Waals surface area contributed by atoms with Gasteiger partial charge in [-0.1, -0.05) is 6.07 Å². The predicted octanol–water partition coefficient (Wildman–Crippen LogP) is 2.94. The van der Waals surface area contributed by atoms with Crippen molar-refractivity contribution in [3.05, 3.63) is 48.2 Å². The van der Waals surface area contributed by atoms with Crippen molar-refractivity contribution in [3.8, 4) is 5.75 Å². The molecule has 1 fully saturated rings. The van der Waals surface area contributed by atoms with Gasteiger partial charge in [0.1, 0.15) is 11.6 Å². The van der Waals surface area contributed by atoms with E-state index in [0.29, 0.717) is 17.1 Å². The van der Waals surface area contributed by atoms with Crippen LogP contribution in [-0.4, -0.2) is 31.1 Å². The lowest BCUT2D eigenvalue weighted by atomic mass is 10.2. The first-order valence-corrected chi connectivity index (χ1v) is 7.43. The molecule has 1 amide bonds. The fraction of sp³-hybridized carbons (Fsp3) is 0.294. The Morgan fingerprint density at radius 1 is 1.23 bits per heavy atom. The predicted molar refractivity (Wildman–Crippen MR) is 86.6 cm³/mol. The third kappa shape index (κ3) is 3.19. The van der Waals surface area contributed by atoms with Gasteiger partial charge in [0.25, 0.3) is 5.91 Å². The van der Waals surface area contributed by atoms with Gasteiger partial charge in [0.2, 0.25) is 0 Å². The zero-order valence-electron chi connectivity index (χ0n) is 12.6. The molecule has 1 aromatic carbocycles. The molecule has 2 aromatic rings. The standard InChI is InChI=1S/C17H19N3O2/c1-22-15-6-4-5-13(11-15)17(21)19-16-8-7-14(12-18-16)20-9-2-3-10-20/h4-8,11-12H,2-3,9-10H2,1H3,(H,18,19,21). The topological polar surface area (TPSA) is 54.5 Å². The molecule has 0 atom stereocenters. The molecule has 1 saturated heterocycles. The van der Waals surface area contributed by atoms with Crippen LogP contribution in [-0.2, 0) is 0 Å². The van der Waals surface area contributed by atoms with E-state index in [1.54, 1.807) is 31.4 Å². The fourth-order valence-electron chi connectivity index (χ4n) is 2.58. The van der Waals surface area contributed by atoms with Crippen molar-refractivity contribution < 1.29 is 9.53 Å². The molecule has 0 saturated carbocycles. The number of hydrogen-bond acceptors (Lipinski definition) is 4. The molecule has 0 radical (unpaired) electrons. The van der Waals surface area contributed by atoms with E-state index in [4.69, 9.17) is 4.74 Å². The highest BCUT2D eigenvalue weighted by Crippen LogP contribution is 2.20. The van der Waals surface area contributed by atoms with E-state index in [0.717, 1.165) is 18.8 Å². The Morgan fingerprint density at radius 3 is 2.73 bits per heavy atom. The largest absolute Gasteiger partial charge is 0.497 e. The summed E-state index contributed by atoms with van der Waals surface area (Å²) in [6, 6.07) is 10.9. The number of carbonyl (C=O) groups is 1. The summed E-state index contributed by atoms with van der Waals surface area (Å²) in [4.78, 5) is 18.8. The maximum absolute atomic E-state index is 12.2. The summed E-state index contributed by atoms with van der Waals surface area (Å²) < 4.78 is 5.13. The summed E-state index contributed by atoms with van der Waals surface area (Å²) in [7, 11) is 1.58. The van der Waals surface area contributed by atoms with Gasteiger partial charge in [-0.3, -0.25) is 4.79 Å². The number of anilines is 2. The van der Waals surface area contributed by atoms with E-state index in [1.165, 1.54) is 12.8 Å². The second-order valence-electron chi connectivity index (χ2n) is 5.28. The maximum Gasteiger partial charge on any atom is 0.256 e. The van der Waals surface area contributed by atoms with E-state index < -0.39 is 0 Å². The molecule has 0 aliphatic carbocycles. The molecule has 0 unspecified atom stereocenters. The smallest absolute Gasteiger partial charge is 0.256 e. The zero-order valence-corrected chi connectivity index (χ0v) is 12.6. The van der Waals surface area contributed by atoms with Crippen LogP contribution in [0.3, 0.4) is 0 Å². The number of methoxy groups -OCH3 is 1. The molecule has 5 heteroatoms. The molecule has 1 aromatic heterocycles. The van der Waals surface area contributed by atoms with E-state index >= 15 is 0 Å². The lowest BCUT2D eigenvalue weighted by molar-refractivity contribution is 0.102. The van der Waals surface area contributed by atoms with Crippen molar-refractivity contribution in [3.63, 3.8) is 0 Å². The molecule has 114 valence electrons. The van der Waals surface area contributed by atoms with Crippen LogP contribution in [0, 0.1) is 0 Å². The molecule has 2 heterocycles. The molecule has 0 spiro atoms. The Kier molecular flexibility index (Phi) is 4.23. The Hall–Kier alpha value is -2.56. The minimum absolute atomic E-state index is 0.194. The highest BCUT2D eigenvalue weighted by Gasteiger charge is 2.13.